The van der Waals surface area contributed by atoms with Crippen molar-refractivity contribution in [1.29, 1.82) is 5.26 Å². The first-order valence-electron chi connectivity index (χ1n) is 7.23. The molecule has 5 nitrogen and oxygen atoms in total. The molecule has 2 aromatic rings. The van der Waals surface area contributed by atoms with Gasteiger partial charge in [0.05, 0.1) is 11.6 Å². The van der Waals surface area contributed by atoms with Gasteiger partial charge >= 0.3 is 0 Å². The second-order valence-corrected chi connectivity index (χ2v) is 5.12. The highest BCUT2D eigenvalue weighted by Crippen LogP contribution is 2.10. The van der Waals surface area contributed by atoms with Crippen LogP contribution in [0.4, 0.5) is 5.69 Å². The molecule has 0 spiro atoms. The monoisotopic (exact) mass is 307 g/mol. The van der Waals surface area contributed by atoms with E-state index in [9.17, 15) is 9.59 Å². The molecule has 0 aromatic heterocycles. The maximum absolute atomic E-state index is 11.9. The minimum Gasteiger partial charge on any atom is -0.352 e. The fourth-order valence-electron chi connectivity index (χ4n) is 2.07. The highest BCUT2D eigenvalue weighted by Gasteiger charge is 2.07. The Morgan fingerprint density at radius 3 is 2.65 bits per heavy atom. The van der Waals surface area contributed by atoms with Gasteiger partial charge in [-0.05, 0) is 37.3 Å². The lowest BCUT2D eigenvalue weighted by Crippen LogP contribution is -2.27. The molecule has 0 atom stereocenters. The standard InChI is InChI=1S/C18H17N3O2/c1-13-4-2-6-15(10-13)18(23)20-9-8-17(22)21-16-7-3-5-14(11-16)12-19/h2-7,10-11H,8-9H2,1H3,(H,20,23)(H,21,22). The molecule has 5 heteroatoms. The highest BCUT2D eigenvalue weighted by atomic mass is 16.2. The van der Waals surface area contributed by atoms with Crippen LogP contribution in [0, 0.1) is 18.3 Å². The van der Waals surface area contributed by atoms with Gasteiger partial charge in [-0.15, -0.1) is 0 Å². The van der Waals surface area contributed by atoms with Crippen molar-refractivity contribution in [3.8, 4) is 6.07 Å². The molecule has 2 aromatic carbocycles. The van der Waals surface area contributed by atoms with Crippen molar-refractivity contribution >= 4 is 17.5 Å². The van der Waals surface area contributed by atoms with Crippen molar-refractivity contribution in [3.63, 3.8) is 0 Å². The van der Waals surface area contributed by atoms with Gasteiger partial charge in [-0.25, -0.2) is 0 Å². The average molecular weight is 307 g/mol. The molecule has 2 N–H and O–H groups in total. The number of nitrogens with zero attached hydrogens (tertiary/aromatic N) is 1. The Balaban J connectivity index is 1.80. The Bertz CT molecular complexity index is 763. The van der Waals surface area contributed by atoms with Gasteiger partial charge in [0.25, 0.3) is 5.91 Å². The molecule has 23 heavy (non-hydrogen) atoms. The van der Waals surface area contributed by atoms with E-state index >= 15 is 0 Å². The highest BCUT2D eigenvalue weighted by molar-refractivity contribution is 5.95. The number of aryl methyl sites for hydroxylation is 1. The number of hydrogen-bond donors (Lipinski definition) is 2. The second-order valence-electron chi connectivity index (χ2n) is 5.12. The Labute approximate surface area is 134 Å². The van der Waals surface area contributed by atoms with Crippen LogP contribution in [0.5, 0.6) is 0 Å². The van der Waals surface area contributed by atoms with Gasteiger partial charge in [0.1, 0.15) is 0 Å². The van der Waals surface area contributed by atoms with Crippen LogP contribution in [-0.4, -0.2) is 18.4 Å². The second kappa shape index (κ2) is 7.76. The molecule has 116 valence electrons. The van der Waals surface area contributed by atoms with Gasteiger partial charge in [0.15, 0.2) is 0 Å². The predicted octanol–water partition coefficient (Wildman–Crippen LogP) is 2.63. The van der Waals surface area contributed by atoms with Crippen LogP contribution in [0.3, 0.4) is 0 Å². The van der Waals surface area contributed by atoms with Crippen LogP contribution in [0.1, 0.15) is 27.9 Å². The maximum atomic E-state index is 11.9. The number of carbonyl (C=O) groups excluding carboxylic acids is 2. The van der Waals surface area contributed by atoms with Gasteiger partial charge in [-0.2, -0.15) is 5.26 Å². The predicted molar refractivity (Wildman–Crippen MR) is 87.9 cm³/mol. The van der Waals surface area contributed by atoms with Crippen molar-refractivity contribution in [2.75, 3.05) is 11.9 Å². The van der Waals surface area contributed by atoms with E-state index in [-0.39, 0.29) is 24.8 Å². The number of amides is 2. The summed E-state index contributed by atoms with van der Waals surface area (Å²) >= 11 is 0. The summed E-state index contributed by atoms with van der Waals surface area (Å²) in [7, 11) is 0. The molecule has 0 saturated heterocycles. The zero-order valence-electron chi connectivity index (χ0n) is 12.8. The van der Waals surface area contributed by atoms with Crippen molar-refractivity contribution in [1.82, 2.24) is 5.32 Å². The fraction of sp³-hybridized carbons (Fsp3) is 0.167. The third-order valence-corrected chi connectivity index (χ3v) is 3.19. The van der Waals surface area contributed by atoms with E-state index in [1.165, 1.54) is 0 Å². The van der Waals surface area contributed by atoms with Gasteiger partial charge in [-0.1, -0.05) is 23.8 Å². The molecule has 0 heterocycles. The zero-order valence-corrected chi connectivity index (χ0v) is 12.8. The average Bonchev–Trinajstić information content (AvgIpc) is 2.55. The number of hydrogen-bond acceptors (Lipinski definition) is 3. The van der Waals surface area contributed by atoms with Crippen molar-refractivity contribution in [3.05, 3.63) is 65.2 Å². The Morgan fingerprint density at radius 2 is 1.91 bits per heavy atom. The molecular weight excluding hydrogens is 290 g/mol. The molecular formula is C18H17N3O2. The lowest BCUT2D eigenvalue weighted by molar-refractivity contribution is -0.116. The number of rotatable bonds is 5. The largest absolute Gasteiger partial charge is 0.352 e. The van der Waals surface area contributed by atoms with Crippen LogP contribution in [0.2, 0.25) is 0 Å². The molecule has 0 fully saturated rings. The summed E-state index contributed by atoms with van der Waals surface area (Å²) in [6.45, 7) is 2.16. The van der Waals surface area contributed by atoms with Crippen molar-refractivity contribution < 1.29 is 9.59 Å². The molecule has 2 amide bonds. The normalized spacial score (nSPS) is 9.74. The van der Waals surface area contributed by atoms with E-state index in [0.29, 0.717) is 16.8 Å². The summed E-state index contributed by atoms with van der Waals surface area (Å²) in [6, 6.07) is 16.0. The van der Waals surface area contributed by atoms with E-state index in [2.05, 4.69) is 10.6 Å². The number of benzene rings is 2. The Morgan fingerprint density at radius 1 is 1.13 bits per heavy atom. The summed E-state index contributed by atoms with van der Waals surface area (Å²) < 4.78 is 0. The number of carbonyl (C=O) groups is 2. The van der Waals surface area contributed by atoms with E-state index in [1.54, 1.807) is 36.4 Å². The van der Waals surface area contributed by atoms with E-state index in [1.807, 2.05) is 25.1 Å². The smallest absolute Gasteiger partial charge is 0.251 e. The minimum atomic E-state index is -0.218. The summed E-state index contributed by atoms with van der Waals surface area (Å²) in [5, 5.41) is 14.2. The van der Waals surface area contributed by atoms with Crippen LogP contribution in [0.15, 0.2) is 48.5 Å². The van der Waals surface area contributed by atoms with Gasteiger partial charge < -0.3 is 10.6 Å². The molecule has 0 saturated carbocycles. The van der Waals surface area contributed by atoms with Gasteiger partial charge in [0.2, 0.25) is 5.91 Å². The maximum Gasteiger partial charge on any atom is 0.251 e. The first kappa shape index (κ1) is 16.2. The SMILES string of the molecule is Cc1cccc(C(=O)NCCC(=O)Nc2cccc(C#N)c2)c1. The lowest BCUT2D eigenvalue weighted by atomic mass is 10.1. The zero-order chi connectivity index (χ0) is 16.7. The molecule has 0 unspecified atom stereocenters. The summed E-state index contributed by atoms with van der Waals surface area (Å²) in [4.78, 5) is 23.8. The topological polar surface area (TPSA) is 82.0 Å². The Kier molecular flexibility index (Phi) is 5.48. The molecule has 2 rings (SSSR count). The van der Waals surface area contributed by atoms with E-state index < -0.39 is 0 Å². The van der Waals surface area contributed by atoms with Crippen LogP contribution in [0.25, 0.3) is 0 Å². The third-order valence-electron chi connectivity index (χ3n) is 3.19. The Hall–Kier alpha value is -3.13. The van der Waals surface area contributed by atoms with E-state index in [0.717, 1.165) is 5.56 Å². The van der Waals surface area contributed by atoms with Crippen molar-refractivity contribution in [2.24, 2.45) is 0 Å². The molecule has 0 aliphatic rings. The molecule has 0 bridgehead atoms. The first-order valence-corrected chi connectivity index (χ1v) is 7.23. The van der Waals surface area contributed by atoms with Gasteiger partial charge in [0, 0.05) is 24.2 Å². The lowest BCUT2D eigenvalue weighted by Gasteiger charge is -2.07. The number of anilines is 1. The van der Waals surface area contributed by atoms with Crippen LogP contribution < -0.4 is 10.6 Å². The van der Waals surface area contributed by atoms with Crippen LogP contribution >= 0.6 is 0 Å². The molecule has 0 radical (unpaired) electrons. The molecule has 0 aliphatic carbocycles. The minimum absolute atomic E-state index is 0.161. The first-order chi connectivity index (χ1) is 11.1. The fourth-order valence-corrected chi connectivity index (χ4v) is 2.07. The summed E-state index contributed by atoms with van der Waals surface area (Å²) in [5.74, 6) is -0.419. The van der Waals surface area contributed by atoms with E-state index in [4.69, 9.17) is 5.26 Å². The number of nitriles is 1. The molecule has 0 aliphatic heterocycles. The quantitative estimate of drug-likeness (QED) is 0.891. The van der Waals surface area contributed by atoms with Crippen LogP contribution in [-0.2, 0) is 4.79 Å². The summed E-state index contributed by atoms with van der Waals surface area (Å²) in [5.41, 5.74) is 2.63. The van der Waals surface area contributed by atoms with Gasteiger partial charge in [-0.3, -0.25) is 9.59 Å². The third kappa shape index (κ3) is 4.97. The summed E-state index contributed by atoms with van der Waals surface area (Å²) in [6.07, 6.45) is 0.161. The van der Waals surface area contributed by atoms with Crippen molar-refractivity contribution in [2.45, 2.75) is 13.3 Å². The number of nitrogens with one attached hydrogen (secondary N) is 2.